The molecule has 0 aliphatic rings. The summed E-state index contributed by atoms with van der Waals surface area (Å²) < 4.78 is 0. The number of hydrogen-bond donors (Lipinski definition) is 1. The lowest BCUT2D eigenvalue weighted by atomic mass is 10.0. The monoisotopic (exact) mass is 183 g/mol. The van der Waals surface area contributed by atoms with Crippen LogP contribution in [0.15, 0.2) is 18.2 Å². The molecule has 0 radical (unpaired) electrons. The molecule has 0 spiro atoms. The van der Waals surface area contributed by atoms with Crippen molar-refractivity contribution in [2.75, 3.05) is 0 Å². The van der Waals surface area contributed by atoms with Crippen LogP contribution >= 0.6 is 11.6 Å². The minimum Gasteiger partial charge on any atom is -0.324 e. The summed E-state index contributed by atoms with van der Waals surface area (Å²) in [6.07, 6.45) is 0.961. The highest BCUT2D eigenvalue weighted by Crippen LogP contribution is 2.21. The van der Waals surface area contributed by atoms with Crippen LogP contribution in [0.4, 0.5) is 0 Å². The van der Waals surface area contributed by atoms with E-state index < -0.39 is 0 Å². The van der Waals surface area contributed by atoms with E-state index in [0.29, 0.717) is 0 Å². The normalized spacial score (nSPS) is 13.0. The summed E-state index contributed by atoms with van der Waals surface area (Å²) in [5.74, 6) is 0. The van der Waals surface area contributed by atoms with Gasteiger partial charge in [0.05, 0.1) is 0 Å². The molecule has 0 aliphatic heterocycles. The van der Waals surface area contributed by atoms with Gasteiger partial charge in [-0.05, 0) is 36.6 Å². The molecule has 1 atom stereocenters. The molecule has 0 unspecified atom stereocenters. The van der Waals surface area contributed by atoms with Gasteiger partial charge in [0.25, 0.3) is 0 Å². The molecule has 0 aromatic heterocycles. The quantitative estimate of drug-likeness (QED) is 0.750. The minimum atomic E-state index is 0.141. The van der Waals surface area contributed by atoms with Crippen LogP contribution in [-0.2, 0) is 0 Å². The Balaban J connectivity index is 3.01. The Hall–Kier alpha value is -0.530. The Morgan fingerprint density at radius 2 is 2.17 bits per heavy atom. The first-order valence-corrected chi connectivity index (χ1v) is 4.54. The molecule has 0 saturated carbocycles. The molecule has 12 heavy (non-hydrogen) atoms. The summed E-state index contributed by atoms with van der Waals surface area (Å²) in [4.78, 5) is 0. The van der Waals surface area contributed by atoms with E-state index in [1.807, 2.05) is 25.1 Å². The summed E-state index contributed by atoms with van der Waals surface area (Å²) in [7, 11) is 0. The van der Waals surface area contributed by atoms with Gasteiger partial charge in [-0.3, -0.25) is 0 Å². The second-order valence-corrected chi connectivity index (χ2v) is 3.45. The van der Waals surface area contributed by atoms with Crippen molar-refractivity contribution in [1.82, 2.24) is 0 Å². The first-order valence-electron chi connectivity index (χ1n) is 4.16. The average molecular weight is 184 g/mol. The van der Waals surface area contributed by atoms with Crippen molar-refractivity contribution < 1.29 is 0 Å². The van der Waals surface area contributed by atoms with Crippen molar-refractivity contribution in [2.45, 2.75) is 26.3 Å². The maximum Gasteiger partial charge on any atom is 0.0408 e. The zero-order valence-corrected chi connectivity index (χ0v) is 8.23. The van der Waals surface area contributed by atoms with E-state index in [0.717, 1.165) is 11.4 Å². The second-order valence-electron chi connectivity index (χ2n) is 3.02. The maximum atomic E-state index is 5.90. The van der Waals surface area contributed by atoms with Crippen molar-refractivity contribution in [1.29, 1.82) is 0 Å². The van der Waals surface area contributed by atoms with Crippen molar-refractivity contribution in [3.05, 3.63) is 34.3 Å². The van der Waals surface area contributed by atoms with Gasteiger partial charge in [0.1, 0.15) is 0 Å². The highest BCUT2D eigenvalue weighted by molar-refractivity contribution is 6.30. The number of benzene rings is 1. The van der Waals surface area contributed by atoms with Gasteiger partial charge in [-0.25, -0.2) is 0 Å². The molecule has 1 rings (SSSR count). The van der Waals surface area contributed by atoms with E-state index >= 15 is 0 Å². The number of halogens is 1. The molecule has 1 aromatic carbocycles. The first kappa shape index (κ1) is 9.56. The van der Waals surface area contributed by atoms with Gasteiger partial charge in [-0.1, -0.05) is 24.6 Å². The van der Waals surface area contributed by atoms with E-state index in [1.165, 1.54) is 11.1 Å². The topological polar surface area (TPSA) is 26.0 Å². The molecular formula is C10H14ClN. The third-order valence-electron chi connectivity index (χ3n) is 2.07. The van der Waals surface area contributed by atoms with E-state index in [4.69, 9.17) is 17.3 Å². The molecule has 1 aromatic rings. The summed E-state index contributed by atoms with van der Waals surface area (Å²) in [6, 6.07) is 5.99. The SMILES string of the molecule is CC[C@H](N)c1ccc(Cl)cc1C. The minimum absolute atomic E-state index is 0.141. The molecule has 0 aliphatic carbocycles. The van der Waals surface area contributed by atoms with E-state index in [-0.39, 0.29) is 6.04 Å². The lowest BCUT2D eigenvalue weighted by molar-refractivity contribution is 0.694. The number of hydrogen-bond acceptors (Lipinski definition) is 1. The zero-order chi connectivity index (χ0) is 9.14. The molecule has 2 heteroatoms. The fourth-order valence-electron chi connectivity index (χ4n) is 1.28. The van der Waals surface area contributed by atoms with Crippen LogP contribution in [0.5, 0.6) is 0 Å². The predicted octanol–water partition coefficient (Wildman–Crippen LogP) is 3.06. The van der Waals surface area contributed by atoms with E-state index in [1.54, 1.807) is 0 Å². The van der Waals surface area contributed by atoms with Crippen molar-refractivity contribution in [3.63, 3.8) is 0 Å². The molecule has 0 saturated heterocycles. The lowest BCUT2D eigenvalue weighted by Gasteiger charge is -2.12. The molecule has 0 bridgehead atoms. The molecule has 2 N–H and O–H groups in total. The van der Waals surface area contributed by atoms with Crippen LogP contribution in [0.25, 0.3) is 0 Å². The van der Waals surface area contributed by atoms with Crippen LogP contribution in [-0.4, -0.2) is 0 Å². The Kier molecular flexibility index (Phi) is 3.12. The zero-order valence-electron chi connectivity index (χ0n) is 7.47. The number of rotatable bonds is 2. The van der Waals surface area contributed by atoms with Crippen LogP contribution in [0.2, 0.25) is 5.02 Å². The largest absolute Gasteiger partial charge is 0.324 e. The van der Waals surface area contributed by atoms with Gasteiger partial charge < -0.3 is 5.73 Å². The highest BCUT2D eigenvalue weighted by atomic mass is 35.5. The van der Waals surface area contributed by atoms with Crippen LogP contribution in [0.1, 0.15) is 30.5 Å². The van der Waals surface area contributed by atoms with Crippen molar-refractivity contribution >= 4 is 11.6 Å². The van der Waals surface area contributed by atoms with Gasteiger partial charge in [-0.15, -0.1) is 0 Å². The van der Waals surface area contributed by atoms with Gasteiger partial charge in [0, 0.05) is 11.1 Å². The van der Waals surface area contributed by atoms with Crippen LogP contribution in [0, 0.1) is 6.92 Å². The van der Waals surface area contributed by atoms with E-state index in [9.17, 15) is 0 Å². The number of aryl methyl sites for hydroxylation is 1. The van der Waals surface area contributed by atoms with E-state index in [2.05, 4.69) is 6.92 Å². The van der Waals surface area contributed by atoms with Crippen LogP contribution < -0.4 is 5.73 Å². The Morgan fingerprint density at radius 1 is 1.50 bits per heavy atom. The third kappa shape index (κ3) is 1.99. The maximum absolute atomic E-state index is 5.90. The summed E-state index contributed by atoms with van der Waals surface area (Å²) in [5.41, 5.74) is 8.28. The summed E-state index contributed by atoms with van der Waals surface area (Å²) in [5, 5.41) is 0.777. The van der Waals surface area contributed by atoms with Crippen molar-refractivity contribution in [3.8, 4) is 0 Å². The third-order valence-corrected chi connectivity index (χ3v) is 2.31. The molecule has 1 nitrogen and oxygen atoms in total. The summed E-state index contributed by atoms with van der Waals surface area (Å²) in [6.45, 7) is 4.12. The fraction of sp³-hybridized carbons (Fsp3) is 0.400. The standard InChI is InChI=1S/C10H14ClN/c1-3-10(12)9-5-4-8(11)6-7(9)2/h4-6,10H,3,12H2,1-2H3/t10-/m0/s1. The van der Waals surface area contributed by atoms with Crippen LogP contribution in [0.3, 0.4) is 0 Å². The second kappa shape index (κ2) is 3.92. The molecular weight excluding hydrogens is 170 g/mol. The molecule has 66 valence electrons. The Morgan fingerprint density at radius 3 is 2.67 bits per heavy atom. The molecule has 0 heterocycles. The Bertz CT molecular complexity index is 271. The fourth-order valence-corrected chi connectivity index (χ4v) is 1.50. The molecule has 0 fully saturated rings. The highest BCUT2D eigenvalue weighted by Gasteiger charge is 2.05. The predicted molar refractivity (Wildman–Crippen MR) is 53.4 cm³/mol. The smallest absolute Gasteiger partial charge is 0.0408 e. The van der Waals surface area contributed by atoms with Gasteiger partial charge in [0.15, 0.2) is 0 Å². The molecule has 0 amide bonds. The number of nitrogens with two attached hydrogens (primary N) is 1. The van der Waals surface area contributed by atoms with Crippen molar-refractivity contribution in [2.24, 2.45) is 5.73 Å². The van der Waals surface area contributed by atoms with Gasteiger partial charge in [0.2, 0.25) is 0 Å². The lowest BCUT2D eigenvalue weighted by Crippen LogP contribution is -2.09. The Labute approximate surface area is 78.5 Å². The first-order chi connectivity index (χ1) is 5.65. The average Bonchev–Trinajstić information content (AvgIpc) is 2.03. The van der Waals surface area contributed by atoms with Gasteiger partial charge >= 0.3 is 0 Å². The summed E-state index contributed by atoms with van der Waals surface area (Å²) >= 11 is 5.82. The van der Waals surface area contributed by atoms with Gasteiger partial charge in [-0.2, -0.15) is 0 Å².